The summed E-state index contributed by atoms with van der Waals surface area (Å²) in [5.74, 6) is 1.61. The summed E-state index contributed by atoms with van der Waals surface area (Å²) in [5.41, 5.74) is 1.87. The van der Waals surface area contributed by atoms with E-state index in [9.17, 15) is 8.42 Å². The standard InChI is InChI=1S/C23H33N3O3S/c1-3-26(30(2,27)28)18-22-10-9-21(29-22)17-24-13-15-25(16-14-24)19-23(11-12-23)20-7-5-4-6-8-20/h4-10H,3,11-19H2,1-2H3. The third-order valence-electron chi connectivity index (χ3n) is 6.48. The molecule has 2 heterocycles. The summed E-state index contributed by atoms with van der Waals surface area (Å²) in [6.07, 6.45) is 3.84. The molecule has 0 unspecified atom stereocenters. The average Bonchev–Trinajstić information content (AvgIpc) is 3.38. The van der Waals surface area contributed by atoms with Gasteiger partial charge in [-0.15, -0.1) is 0 Å². The molecule has 0 bridgehead atoms. The number of sulfonamides is 1. The highest BCUT2D eigenvalue weighted by atomic mass is 32.2. The van der Waals surface area contributed by atoms with Gasteiger partial charge in [-0.25, -0.2) is 8.42 Å². The van der Waals surface area contributed by atoms with Gasteiger partial charge < -0.3 is 4.42 Å². The summed E-state index contributed by atoms with van der Waals surface area (Å²) in [5, 5.41) is 0. The lowest BCUT2D eigenvalue weighted by Crippen LogP contribution is -2.48. The summed E-state index contributed by atoms with van der Waals surface area (Å²) in [7, 11) is -3.21. The van der Waals surface area contributed by atoms with Crippen LogP contribution in [0, 0.1) is 0 Å². The van der Waals surface area contributed by atoms with Crippen LogP contribution in [0.25, 0.3) is 0 Å². The van der Waals surface area contributed by atoms with Gasteiger partial charge in [0.05, 0.1) is 19.3 Å². The Labute approximate surface area is 180 Å². The van der Waals surface area contributed by atoms with Crippen molar-refractivity contribution in [3.8, 4) is 0 Å². The maximum Gasteiger partial charge on any atom is 0.211 e. The van der Waals surface area contributed by atoms with Crippen LogP contribution in [0.1, 0.15) is 36.8 Å². The fraction of sp³-hybridized carbons (Fsp3) is 0.565. The fourth-order valence-electron chi connectivity index (χ4n) is 4.46. The van der Waals surface area contributed by atoms with Crippen molar-refractivity contribution < 1.29 is 12.8 Å². The van der Waals surface area contributed by atoms with E-state index >= 15 is 0 Å². The van der Waals surface area contributed by atoms with Crippen LogP contribution in [0.3, 0.4) is 0 Å². The van der Waals surface area contributed by atoms with Gasteiger partial charge in [0, 0.05) is 44.7 Å². The molecule has 1 aromatic carbocycles. The first-order valence-electron chi connectivity index (χ1n) is 10.9. The highest BCUT2D eigenvalue weighted by Crippen LogP contribution is 2.48. The molecule has 4 rings (SSSR count). The SMILES string of the molecule is CCN(Cc1ccc(CN2CCN(CC3(c4ccccc4)CC3)CC2)o1)S(C)(=O)=O. The third-order valence-corrected chi connectivity index (χ3v) is 7.81. The maximum atomic E-state index is 11.8. The Hall–Kier alpha value is -1.67. The second kappa shape index (κ2) is 8.83. The van der Waals surface area contributed by atoms with Gasteiger partial charge in [0.1, 0.15) is 11.5 Å². The van der Waals surface area contributed by atoms with Crippen molar-refractivity contribution in [2.45, 2.75) is 38.3 Å². The smallest absolute Gasteiger partial charge is 0.211 e. The molecule has 2 fully saturated rings. The Morgan fingerprint density at radius 2 is 1.60 bits per heavy atom. The lowest BCUT2D eigenvalue weighted by molar-refractivity contribution is 0.112. The van der Waals surface area contributed by atoms with Crippen LogP contribution in [0.4, 0.5) is 0 Å². The van der Waals surface area contributed by atoms with Gasteiger partial charge in [-0.3, -0.25) is 9.80 Å². The molecule has 0 radical (unpaired) electrons. The van der Waals surface area contributed by atoms with E-state index in [-0.39, 0.29) is 0 Å². The number of nitrogens with zero attached hydrogens (tertiary/aromatic N) is 3. The normalized spacial score (nSPS) is 20.0. The fourth-order valence-corrected chi connectivity index (χ4v) is 5.30. The maximum absolute atomic E-state index is 11.8. The Morgan fingerprint density at radius 1 is 0.967 bits per heavy atom. The van der Waals surface area contributed by atoms with Crippen molar-refractivity contribution in [1.82, 2.24) is 14.1 Å². The molecular formula is C23H33N3O3S. The molecule has 1 aliphatic heterocycles. The van der Waals surface area contributed by atoms with E-state index in [0.29, 0.717) is 24.3 Å². The predicted molar refractivity (Wildman–Crippen MR) is 119 cm³/mol. The molecule has 0 spiro atoms. The van der Waals surface area contributed by atoms with Crippen LogP contribution in [0.15, 0.2) is 46.9 Å². The lowest BCUT2D eigenvalue weighted by atomic mass is 9.95. The van der Waals surface area contributed by atoms with Crippen molar-refractivity contribution >= 4 is 10.0 Å². The molecule has 6 nitrogen and oxygen atoms in total. The van der Waals surface area contributed by atoms with Crippen LogP contribution in [-0.4, -0.2) is 68.0 Å². The van der Waals surface area contributed by atoms with E-state index in [0.717, 1.165) is 45.0 Å². The summed E-state index contributed by atoms with van der Waals surface area (Å²) >= 11 is 0. The molecule has 30 heavy (non-hydrogen) atoms. The van der Waals surface area contributed by atoms with Crippen LogP contribution in [0.5, 0.6) is 0 Å². The van der Waals surface area contributed by atoms with Crippen molar-refractivity contribution in [2.24, 2.45) is 0 Å². The second-order valence-corrected chi connectivity index (χ2v) is 10.7. The minimum Gasteiger partial charge on any atom is -0.463 e. The second-order valence-electron chi connectivity index (χ2n) is 8.76. The molecule has 0 atom stereocenters. The number of benzene rings is 1. The Morgan fingerprint density at radius 3 is 2.20 bits per heavy atom. The minimum atomic E-state index is -3.21. The minimum absolute atomic E-state index is 0.296. The number of hydrogen-bond donors (Lipinski definition) is 0. The van der Waals surface area contributed by atoms with Crippen molar-refractivity contribution in [3.05, 3.63) is 59.5 Å². The van der Waals surface area contributed by atoms with Crippen LogP contribution in [0.2, 0.25) is 0 Å². The van der Waals surface area contributed by atoms with E-state index in [4.69, 9.17) is 4.42 Å². The molecular weight excluding hydrogens is 398 g/mol. The van der Waals surface area contributed by atoms with Crippen LogP contribution >= 0.6 is 0 Å². The average molecular weight is 432 g/mol. The quantitative estimate of drug-likeness (QED) is 0.611. The molecule has 1 saturated carbocycles. The molecule has 164 valence electrons. The first kappa shape index (κ1) is 21.6. The number of hydrogen-bond acceptors (Lipinski definition) is 5. The largest absolute Gasteiger partial charge is 0.463 e. The third kappa shape index (κ3) is 5.14. The first-order valence-corrected chi connectivity index (χ1v) is 12.8. The summed E-state index contributed by atoms with van der Waals surface area (Å²) in [6, 6.07) is 14.8. The molecule has 0 amide bonds. The Kier molecular flexibility index (Phi) is 6.34. The van der Waals surface area contributed by atoms with Crippen molar-refractivity contribution in [2.75, 3.05) is 45.5 Å². The topological polar surface area (TPSA) is 57.0 Å². The first-order chi connectivity index (χ1) is 14.4. The zero-order valence-corrected chi connectivity index (χ0v) is 18.9. The number of rotatable bonds is 9. The Bertz CT molecular complexity index is 930. The summed E-state index contributed by atoms with van der Waals surface area (Å²) in [6.45, 7) is 8.76. The van der Waals surface area contributed by atoms with Crippen LogP contribution in [-0.2, 0) is 28.5 Å². The molecule has 7 heteroatoms. The van der Waals surface area contributed by atoms with Gasteiger partial charge in [0.25, 0.3) is 0 Å². The van der Waals surface area contributed by atoms with Gasteiger partial charge in [0.15, 0.2) is 0 Å². The Balaban J connectivity index is 1.26. The number of furan rings is 1. The van der Waals surface area contributed by atoms with E-state index in [1.54, 1.807) is 0 Å². The summed E-state index contributed by atoms with van der Waals surface area (Å²) in [4.78, 5) is 5.03. The molecule has 1 aromatic heterocycles. The highest BCUT2D eigenvalue weighted by molar-refractivity contribution is 7.88. The van der Waals surface area contributed by atoms with E-state index in [2.05, 4.69) is 40.1 Å². The zero-order chi connectivity index (χ0) is 21.2. The highest BCUT2D eigenvalue weighted by Gasteiger charge is 2.45. The number of piperazine rings is 1. The van der Waals surface area contributed by atoms with Gasteiger partial charge >= 0.3 is 0 Å². The molecule has 2 aliphatic rings. The summed E-state index contributed by atoms with van der Waals surface area (Å²) < 4.78 is 30.9. The molecule has 2 aromatic rings. The van der Waals surface area contributed by atoms with Gasteiger partial charge in [-0.05, 0) is 30.5 Å². The lowest BCUT2D eigenvalue weighted by Gasteiger charge is -2.36. The van der Waals surface area contributed by atoms with Gasteiger partial charge in [-0.1, -0.05) is 37.3 Å². The van der Waals surface area contributed by atoms with Gasteiger partial charge in [0.2, 0.25) is 10.0 Å². The predicted octanol–water partition coefficient (Wildman–Crippen LogP) is 2.91. The van der Waals surface area contributed by atoms with Crippen molar-refractivity contribution in [3.63, 3.8) is 0 Å². The van der Waals surface area contributed by atoms with E-state index in [1.807, 2.05) is 19.1 Å². The van der Waals surface area contributed by atoms with E-state index < -0.39 is 10.0 Å². The van der Waals surface area contributed by atoms with Crippen LogP contribution < -0.4 is 0 Å². The molecule has 0 N–H and O–H groups in total. The molecule has 1 saturated heterocycles. The van der Waals surface area contributed by atoms with Gasteiger partial charge in [-0.2, -0.15) is 4.31 Å². The zero-order valence-electron chi connectivity index (χ0n) is 18.1. The molecule has 1 aliphatic carbocycles. The van der Waals surface area contributed by atoms with Crippen molar-refractivity contribution in [1.29, 1.82) is 0 Å². The monoisotopic (exact) mass is 431 g/mol. The van der Waals surface area contributed by atoms with E-state index in [1.165, 1.54) is 29.0 Å².